The largest absolute Gasteiger partial charge is 0.481 e. The van der Waals surface area contributed by atoms with E-state index in [-0.39, 0.29) is 18.1 Å². The van der Waals surface area contributed by atoms with E-state index in [2.05, 4.69) is 4.99 Å². The van der Waals surface area contributed by atoms with E-state index in [1.165, 1.54) is 16.2 Å². The Morgan fingerprint density at radius 3 is 2.52 bits per heavy atom. The topological polar surface area (TPSA) is 101 Å². The van der Waals surface area contributed by atoms with E-state index in [4.69, 9.17) is 22.4 Å². The van der Waals surface area contributed by atoms with E-state index in [1.54, 1.807) is 19.1 Å². The van der Waals surface area contributed by atoms with Crippen molar-refractivity contribution in [2.75, 3.05) is 4.90 Å². The van der Waals surface area contributed by atoms with Crippen molar-refractivity contribution in [3.63, 3.8) is 0 Å². The molecule has 1 aliphatic heterocycles. The summed E-state index contributed by atoms with van der Waals surface area (Å²) in [5.74, 6) is -0.883. The molecule has 0 saturated heterocycles. The fourth-order valence-electron chi connectivity index (χ4n) is 3.05. The van der Waals surface area contributed by atoms with E-state index >= 15 is 0 Å². The number of carboxylic acid groups (broad SMARTS) is 1. The molecular formula is C19H19ClN4O2S. The van der Waals surface area contributed by atoms with Gasteiger partial charge in [-0.3, -0.25) is 25.5 Å². The predicted octanol–water partition coefficient (Wildman–Crippen LogP) is 4.49. The molecule has 3 rings (SSSR count). The van der Waals surface area contributed by atoms with Crippen LogP contribution in [-0.4, -0.2) is 34.5 Å². The monoisotopic (exact) mass is 402 g/mol. The van der Waals surface area contributed by atoms with Gasteiger partial charge in [-0.15, -0.1) is 11.3 Å². The molecule has 1 aliphatic rings. The standard InChI is InChI=1S/C19H19ClN4O2S/c1-9-10(2)27-19-16(9)17(12-4-6-13(20)7-5-12)23-14(8-15(25)26)18(22)24(19)11(3)21/h4-7,14,21-22H,8H2,1-3H3,(H,25,26)/t14-/m0/s1. The fourth-order valence-corrected chi connectivity index (χ4v) is 4.40. The molecule has 0 spiro atoms. The maximum atomic E-state index is 11.4. The number of rotatable bonds is 3. The quantitative estimate of drug-likeness (QED) is 0.520. The first-order valence-electron chi connectivity index (χ1n) is 8.30. The number of anilines is 1. The van der Waals surface area contributed by atoms with Crippen molar-refractivity contribution in [1.29, 1.82) is 10.8 Å². The molecule has 0 amide bonds. The fraction of sp³-hybridized carbons (Fsp3) is 0.263. The van der Waals surface area contributed by atoms with Gasteiger partial charge in [0, 0.05) is 21.0 Å². The Labute approximate surface area is 166 Å². The Morgan fingerprint density at radius 2 is 1.96 bits per heavy atom. The number of aryl methyl sites for hydroxylation is 1. The number of halogens is 1. The predicted molar refractivity (Wildman–Crippen MR) is 111 cm³/mol. The normalized spacial score (nSPS) is 16.6. The molecule has 0 unspecified atom stereocenters. The first kappa shape index (κ1) is 19.3. The molecule has 0 radical (unpaired) electrons. The smallest absolute Gasteiger partial charge is 0.305 e. The van der Waals surface area contributed by atoms with E-state index in [1.807, 2.05) is 26.0 Å². The van der Waals surface area contributed by atoms with Gasteiger partial charge in [-0.1, -0.05) is 23.7 Å². The third-order valence-electron chi connectivity index (χ3n) is 4.47. The molecule has 1 atom stereocenters. The maximum Gasteiger partial charge on any atom is 0.305 e. The highest BCUT2D eigenvalue weighted by Gasteiger charge is 2.34. The summed E-state index contributed by atoms with van der Waals surface area (Å²) in [5, 5.41) is 27.4. The van der Waals surface area contributed by atoms with Crippen LogP contribution in [0.15, 0.2) is 29.3 Å². The average Bonchev–Trinajstić information content (AvgIpc) is 2.80. The van der Waals surface area contributed by atoms with Gasteiger partial charge in [-0.25, -0.2) is 0 Å². The van der Waals surface area contributed by atoms with Gasteiger partial charge in [0.1, 0.15) is 22.7 Å². The second kappa shape index (κ2) is 7.25. The van der Waals surface area contributed by atoms with Gasteiger partial charge >= 0.3 is 5.97 Å². The van der Waals surface area contributed by atoms with Gasteiger partial charge in [0.2, 0.25) is 0 Å². The summed E-state index contributed by atoms with van der Waals surface area (Å²) in [6, 6.07) is 6.32. The number of fused-ring (bicyclic) bond motifs is 1. The van der Waals surface area contributed by atoms with Gasteiger partial charge in [0.05, 0.1) is 12.1 Å². The van der Waals surface area contributed by atoms with Crippen LogP contribution < -0.4 is 4.90 Å². The molecule has 2 aromatic rings. The van der Waals surface area contributed by atoms with Crippen LogP contribution in [0.1, 0.15) is 34.9 Å². The van der Waals surface area contributed by atoms with Crippen LogP contribution in [0.4, 0.5) is 5.00 Å². The highest BCUT2D eigenvalue weighted by Crippen LogP contribution is 2.40. The number of benzene rings is 1. The lowest BCUT2D eigenvalue weighted by molar-refractivity contribution is -0.137. The van der Waals surface area contributed by atoms with Crippen LogP contribution in [0.25, 0.3) is 0 Å². The van der Waals surface area contributed by atoms with Crippen molar-refractivity contribution in [3.05, 3.63) is 50.9 Å². The zero-order valence-corrected chi connectivity index (χ0v) is 16.7. The van der Waals surface area contributed by atoms with Crippen molar-refractivity contribution in [1.82, 2.24) is 0 Å². The maximum absolute atomic E-state index is 11.4. The second-order valence-electron chi connectivity index (χ2n) is 6.37. The SMILES string of the molecule is CC(=N)N1C(=N)[C@H](CC(=O)O)N=C(c2ccc(Cl)cc2)c2c1sc(C)c2C. The summed E-state index contributed by atoms with van der Waals surface area (Å²) >= 11 is 7.50. The number of aliphatic carboxylic acids is 1. The van der Waals surface area contributed by atoms with Crippen molar-refractivity contribution < 1.29 is 9.90 Å². The lowest BCUT2D eigenvalue weighted by Gasteiger charge is -2.24. The number of amidine groups is 2. The molecule has 3 N–H and O–H groups in total. The van der Waals surface area contributed by atoms with Crippen molar-refractivity contribution >= 4 is 51.3 Å². The molecule has 27 heavy (non-hydrogen) atoms. The molecule has 6 nitrogen and oxygen atoms in total. The minimum atomic E-state index is -1.04. The molecular weight excluding hydrogens is 384 g/mol. The summed E-state index contributed by atoms with van der Waals surface area (Å²) in [5.41, 5.74) is 3.28. The first-order chi connectivity index (χ1) is 12.7. The number of hydrogen-bond donors (Lipinski definition) is 3. The third-order valence-corrected chi connectivity index (χ3v) is 5.91. The number of carbonyl (C=O) groups is 1. The van der Waals surface area contributed by atoms with Crippen LogP contribution in [0.5, 0.6) is 0 Å². The van der Waals surface area contributed by atoms with Crippen LogP contribution in [-0.2, 0) is 4.79 Å². The van der Waals surface area contributed by atoms with Crippen LogP contribution in [0, 0.1) is 24.7 Å². The van der Waals surface area contributed by atoms with E-state index in [0.29, 0.717) is 10.7 Å². The number of nitrogens with one attached hydrogen (secondary N) is 2. The van der Waals surface area contributed by atoms with Gasteiger partial charge in [-0.2, -0.15) is 0 Å². The number of carboxylic acids is 1. The average molecular weight is 403 g/mol. The van der Waals surface area contributed by atoms with Crippen molar-refractivity contribution in [2.45, 2.75) is 33.2 Å². The highest BCUT2D eigenvalue weighted by atomic mass is 35.5. The Balaban J connectivity index is 2.31. The van der Waals surface area contributed by atoms with Crippen LogP contribution in [0.3, 0.4) is 0 Å². The first-order valence-corrected chi connectivity index (χ1v) is 9.49. The Kier molecular flexibility index (Phi) is 5.17. The van der Waals surface area contributed by atoms with Crippen LogP contribution >= 0.6 is 22.9 Å². The number of nitrogens with zero attached hydrogens (tertiary/aromatic N) is 2. The molecule has 1 aromatic heterocycles. The van der Waals surface area contributed by atoms with E-state index in [9.17, 15) is 9.90 Å². The minimum Gasteiger partial charge on any atom is -0.481 e. The van der Waals surface area contributed by atoms with Gasteiger partial charge in [-0.05, 0) is 38.5 Å². The Morgan fingerprint density at radius 1 is 1.33 bits per heavy atom. The Hall–Kier alpha value is -2.51. The second-order valence-corrected chi connectivity index (χ2v) is 8.01. The zero-order valence-electron chi connectivity index (χ0n) is 15.1. The highest BCUT2D eigenvalue weighted by molar-refractivity contribution is 7.17. The molecule has 140 valence electrons. The number of hydrogen-bond acceptors (Lipinski definition) is 5. The van der Waals surface area contributed by atoms with Gasteiger partial charge < -0.3 is 5.11 Å². The number of thiophene rings is 1. The molecule has 0 bridgehead atoms. The molecule has 0 saturated carbocycles. The third kappa shape index (κ3) is 3.52. The number of aliphatic imine (C=N–C) groups is 1. The minimum absolute atomic E-state index is 0.00337. The van der Waals surface area contributed by atoms with E-state index < -0.39 is 12.0 Å². The molecule has 8 heteroatoms. The van der Waals surface area contributed by atoms with Crippen LogP contribution in [0.2, 0.25) is 5.02 Å². The summed E-state index contributed by atoms with van der Waals surface area (Å²) in [6.07, 6.45) is -0.313. The molecule has 0 aliphatic carbocycles. The van der Waals surface area contributed by atoms with Gasteiger partial charge in [0.25, 0.3) is 0 Å². The lowest BCUT2D eigenvalue weighted by atomic mass is 9.99. The Bertz CT molecular complexity index is 978. The zero-order chi connectivity index (χ0) is 19.9. The summed E-state index contributed by atoms with van der Waals surface area (Å²) < 4.78 is 0. The summed E-state index contributed by atoms with van der Waals surface area (Å²) in [7, 11) is 0. The summed E-state index contributed by atoms with van der Waals surface area (Å²) in [4.78, 5) is 18.6. The van der Waals surface area contributed by atoms with Gasteiger partial charge in [0.15, 0.2) is 0 Å². The molecule has 0 fully saturated rings. The molecule has 1 aromatic carbocycles. The molecule has 2 heterocycles. The summed E-state index contributed by atoms with van der Waals surface area (Å²) in [6.45, 7) is 5.56. The lowest BCUT2D eigenvalue weighted by Crippen LogP contribution is -2.40. The van der Waals surface area contributed by atoms with E-state index in [0.717, 1.165) is 26.6 Å². The van der Waals surface area contributed by atoms with Crippen molar-refractivity contribution in [3.8, 4) is 0 Å². The van der Waals surface area contributed by atoms with Crippen molar-refractivity contribution in [2.24, 2.45) is 4.99 Å².